The molecule has 3 heterocycles. The number of hydrogen-bond acceptors (Lipinski definition) is 5. The molecule has 168 valence electrons. The van der Waals surface area contributed by atoms with Gasteiger partial charge in [0.25, 0.3) is 5.91 Å². The number of nitrogens with one attached hydrogen (secondary N) is 1. The first-order chi connectivity index (χ1) is 15.7. The number of rotatable bonds is 5. The van der Waals surface area contributed by atoms with E-state index in [-0.39, 0.29) is 11.8 Å². The van der Waals surface area contributed by atoms with E-state index in [4.69, 9.17) is 14.2 Å². The van der Waals surface area contributed by atoms with Crippen LogP contribution >= 0.6 is 0 Å². The Balaban J connectivity index is 1.05. The summed E-state index contributed by atoms with van der Waals surface area (Å²) in [5.74, 6) is 2.73. The molecule has 3 aliphatic rings. The Labute approximate surface area is 187 Å². The topological polar surface area (TPSA) is 77.1 Å². The summed E-state index contributed by atoms with van der Waals surface area (Å²) >= 11 is 0. The van der Waals surface area contributed by atoms with Gasteiger partial charge in [0.2, 0.25) is 5.91 Å². The maximum Gasteiger partial charge on any atom is 0.263 e. The van der Waals surface area contributed by atoms with Crippen molar-refractivity contribution in [2.24, 2.45) is 5.92 Å². The molecule has 0 radical (unpaired) electrons. The Hall–Kier alpha value is -3.22. The number of anilines is 1. The molecule has 1 N–H and O–H groups in total. The quantitative estimate of drug-likeness (QED) is 0.777. The fourth-order valence-corrected chi connectivity index (χ4v) is 4.65. The highest BCUT2D eigenvalue weighted by atomic mass is 16.6. The Morgan fingerprint density at radius 2 is 1.75 bits per heavy atom. The number of fused-ring (bicyclic) bond motifs is 2. The molecule has 5 rings (SSSR count). The van der Waals surface area contributed by atoms with Crippen LogP contribution in [0.4, 0.5) is 5.69 Å². The average molecular weight is 437 g/mol. The van der Waals surface area contributed by atoms with E-state index in [9.17, 15) is 9.59 Å². The van der Waals surface area contributed by atoms with Gasteiger partial charge < -0.3 is 24.4 Å². The maximum absolute atomic E-state index is 12.9. The van der Waals surface area contributed by atoms with E-state index in [0.717, 1.165) is 49.4 Å². The number of nitrogens with zero attached hydrogens (tertiary/aromatic N) is 1. The molecule has 0 bridgehead atoms. The van der Waals surface area contributed by atoms with Gasteiger partial charge in [0.15, 0.2) is 17.6 Å². The van der Waals surface area contributed by atoms with Crippen LogP contribution in [0, 0.1) is 5.92 Å². The smallest absolute Gasteiger partial charge is 0.263 e. The lowest BCUT2D eigenvalue weighted by molar-refractivity contribution is -0.139. The SMILES string of the molecule is O=C(CCC1CCN(C(=O)C2Cc3ccccc3O2)CC1)Nc1ccc2c(c1)OCCO2. The van der Waals surface area contributed by atoms with Crippen LogP contribution in [0.2, 0.25) is 0 Å². The lowest BCUT2D eigenvalue weighted by Gasteiger charge is -2.33. The zero-order chi connectivity index (χ0) is 21.9. The van der Waals surface area contributed by atoms with Crippen molar-refractivity contribution >= 4 is 17.5 Å². The molecule has 2 aromatic carbocycles. The molecule has 0 spiro atoms. The number of hydrogen-bond donors (Lipinski definition) is 1. The number of ether oxygens (including phenoxy) is 3. The highest BCUT2D eigenvalue weighted by Crippen LogP contribution is 2.33. The molecule has 7 nitrogen and oxygen atoms in total. The van der Waals surface area contributed by atoms with Crippen molar-refractivity contribution in [2.75, 3.05) is 31.6 Å². The summed E-state index contributed by atoms with van der Waals surface area (Å²) in [5, 5.41) is 2.95. The van der Waals surface area contributed by atoms with Gasteiger partial charge in [-0.1, -0.05) is 18.2 Å². The van der Waals surface area contributed by atoms with Crippen LogP contribution in [0.25, 0.3) is 0 Å². The number of piperidine rings is 1. The van der Waals surface area contributed by atoms with Crippen LogP contribution in [-0.4, -0.2) is 49.1 Å². The molecule has 2 aromatic rings. The molecular weight excluding hydrogens is 408 g/mol. The highest BCUT2D eigenvalue weighted by Gasteiger charge is 2.34. The standard InChI is InChI=1S/C25H28N2O5/c28-24(26-19-6-7-21-22(16-19)31-14-13-30-21)8-5-17-9-11-27(12-10-17)25(29)23-15-18-3-1-2-4-20(18)32-23/h1-4,6-7,16-17,23H,5,8-15H2,(H,26,28). The molecule has 1 unspecified atom stereocenters. The van der Waals surface area contributed by atoms with Gasteiger partial charge in [-0.3, -0.25) is 9.59 Å². The maximum atomic E-state index is 12.9. The Morgan fingerprint density at radius 3 is 2.56 bits per heavy atom. The van der Waals surface area contributed by atoms with E-state index >= 15 is 0 Å². The highest BCUT2D eigenvalue weighted by molar-refractivity contribution is 5.91. The molecule has 32 heavy (non-hydrogen) atoms. The van der Waals surface area contributed by atoms with Crippen molar-refractivity contribution in [3.05, 3.63) is 48.0 Å². The van der Waals surface area contributed by atoms with Gasteiger partial charge >= 0.3 is 0 Å². The number of carbonyl (C=O) groups is 2. The number of para-hydroxylation sites is 1. The minimum atomic E-state index is -0.402. The van der Waals surface area contributed by atoms with Gasteiger partial charge in [-0.15, -0.1) is 0 Å². The average Bonchev–Trinajstić information content (AvgIpc) is 3.27. The largest absolute Gasteiger partial charge is 0.486 e. The van der Waals surface area contributed by atoms with Gasteiger partial charge in [0.05, 0.1) is 0 Å². The van der Waals surface area contributed by atoms with E-state index in [1.165, 1.54) is 0 Å². The first-order valence-corrected chi connectivity index (χ1v) is 11.4. The van der Waals surface area contributed by atoms with Gasteiger partial charge in [-0.05, 0) is 48.9 Å². The molecule has 1 atom stereocenters. The van der Waals surface area contributed by atoms with Gasteiger partial charge in [0.1, 0.15) is 19.0 Å². The zero-order valence-corrected chi connectivity index (χ0v) is 18.0. The number of benzene rings is 2. The van der Waals surface area contributed by atoms with E-state index < -0.39 is 6.10 Å². The van der Waals surface area contributed by atoms with Gasteiger partial charge in [0, 0.05) is 37.7 Å². The molecule has 7 heteroatoms. The van der Waals surface area contributed by atoms with Crippen molar-refractivity contribution in [3.63, 3.8) is 0 Å². The van der Waals surface area contributed by atoms with Crippen LogP contribution in [0.1, 0.15) is 31.2 Å². The lowest BCUT2D eigenvalue weighted by atomic mass is 9.91. The summed E-state index contributed by atoms with van der Waals surface area (Å²) in [7, 11) is 0. The molecule has 0 aromatic heterocycles. The van der Waals surface area contributed by atoms with Crippen LogP contribution in [0.15, 0.2) is 42.5 Å². The summed E-state index contributed by atoms with van der Waals surface area (Å²) in [5.41, 5.74) is 1.82. The second-order valence-corrected chi connectivity index (χ2v) is 8.63. The van der Waals surface area contributed by atoms with Crippen LogP contribution in [0.3, 0.4) is 0 Å². The van der Waals surface area contributed by atoms with Gasteiger partial charge in [-0.2, -0.15) is 0 Å². The Kier molecular flexibility index (Phi) is 5.88. The van der Waals surface area contributed by atoms with Crippen molar-refractivity contribution in [1.29, 1.82) is 0 Å². The van der Waals surface area contributed by atoms with Crippen molar-refractivity contribution < 1.29 is 23.8 Å². The summed E-state index contributed by atoms with van der Waals surface area (Å²) in [6.07, 6.45) is 3.37. The minimum absolute atomic E-state index is 0.00250. The fourth-order valence-electron chi connectivity index (χ4n) is 4.65. The zero-order valence-electron chi connectivity index (χ0n) is 18.0. The summed E-state index contributed by atoms with van der Waals surface area (Å²) in [6.45, 7) is 2.52. The third kappa shape index (κ3) is 4.52. The molecule has 3 aliphatic heterocycles. The van der Waals surface area contributed by atoms with Crippen molar-refractivity contribution in [1.82, 2.24) is 4.90 Å². The molecular formula is C25H28N2O5. The molecule has 1 saturated heterocycles. The third-order valence-corrected chi connectivity index (χ3v) is 6.45. The van der Waals surface area contributed by atoms with Gasteiger partial charge in [-0.25, -0.2) is 0 Å². The predicted octanol–water partition coefficient (Wildman–Crippen LogP) is 3.42. The molecule has 0 aliphatic carbocycles. The fraction of sp³-hybridized carbons (Fsp3) is 0.440. The predicted molar refractivity (Wildman–Crippen MR) is 119 cm³/mol. The first kappa shape index (κ1) is 20.7. The second kappa shape index (κ2) is 9.10. The summed E-state index contributed by atoms with van der Waals surface area (Å²) in [6, 6.07) is 13.3. The van der Waals surface area contributed by atoms with Crippen molar-refractivity contribution in [3.8, 4) is 17.2 Å². The third-order valence-electron chi connectivity index (χ3n) is 6.45. The normalized spacial score (nSPS) is 19.8. The van der Waals surface area contributed by atoms with Crippen molar-refractivity contribution in [2.45, 2.75) is 38.2 Å². The first-order valence-electron chi connectivity index (χ1n) is 11.4. The van der Waals surface area contributed by atoms with Crippen LogP contribution < -0.4 is 19.5 Å². The molecule has 1 fully saturated rings. The molecule has 0 saturated carbocycles. The Morgan fingerprint density at radius 1 is 0.969 bits per heavy atom. The minimum Gasteiger partial charge on any atom is -0.486 e. The number of amides is 2. The summed E-state index contributed by atoms with van der Waals surface area (Å²) < 4.78 is 16.9. The second-order valence-electron chi connectivity index (χ2n) is 8.63. The van der Waals surface area contributed by atoms with Crippen LogP contribution in [0.5, 0.6) is 17.2 Å². The van der Waals surface area contributed by atoms with E-state index in [1.807, 2.05) is 41.3 Å². The lowest BCUT2D eigenvalue weighted by Crippen LogP contribution is -2.45. The monoisotopic (exact) mass is 436 g/mol. The van der Waals surface area contributed by atoms with Crippen LogP contribution in [-0.2, 0) is 16.0 Å². The molecule has 2 amide bonds. The van der Waals surface area contributed by atoms with E-state index in [1.54, 1.807) is 6.07 Å². The Bertz CT molecular complexity index is 975. The summed E-state index contributed by atoms with van der Waals surface area (Å²) in [4.78, 5) is 27.2. The van der Waals surface area contributed by atoms with E-state index in [2.05, 4.69) is 5.32 Å². The van der Waals surface area contributed by atoms with E-state index in [0.29, 0.717) is 43.5 Å². The number of likely N-dealkylation sites (tertiary alicyclic amines) is 1. The number of carbonyl (C=O) groups excluding carboxylic acids is 2.